The van der Waals surface area contributed by atoms with Crippen LogP contribution in [0, 0.1) is 23.0 Å². The van der Waals surface area contributed by atoms with Crippen molar-refractivity contribution in [3.05, 3.63) is 34.9 Å². The smallest absolute Gasteiger partial charge is 0.162 e. The van der Waals surface area contributed by atoms with Gasteiger partial charge in [-0.05, 0) is 19.1 Å². The molecule has 66 valence electrons. The minimum atomic E-state index is -0.962. The molecule has 0 N–H and O–H groups in total. The summed E-state index contributed by atoms with van der Waals surface area (Å²) in [5, 5.41) is 8.38. The Labute approximate surface area is 73.4 Å². The standard InChI is InChI=1S/C9H5F2NO/c1-5(13)8-3-7(10)2-6(4-12)9(8)11/h2-3H,1H3. The molecule has 13 heavy (non-hydrogen) atoms. The number of nitrogens with zero attached hydrogens (tertiary/aromatic N) is 1. The predicted octanol–water partition coefficient (Wildman–Crippen LogP) is 2.04. The van der Waals surface area contributed by atoms with Gasteiger partial charge < -0.3 is 0 Å². The van der Waals surface area contributed by atoms with E-state index in [4.69, 9.17) is 5.26 Å². The van der Waals surface area contributed by atoms with Crippen LogP contribution in [0.4, 0.5) is 8.78 Å². The van der Waals surface area contributed by atoms with Gasteiger partial charge in [-0.15, -0.1) is 0 Å². The molecular formula is C9H5F2NO. The number of carbonyl (C=O) groups is 1. The molecule has 2 nitrogen and oxygen atoms in total. The average molecular weight is 181 g/mol. The van der Waals surface area contributed by atoms with Gasteiger partial charge in [0.05, 0.1) is 11.1 Å². The second-order valence-electron chi connectivity index (χ2n) is 2.48. The Hall–Kier alpha value is -1.76. The third-order valence-corrected chi connectivity index (χ3v) is 1.54. The van der Waals surface area contributed by atoms with Crippen LogP contribution in [0.25, 0.3) is 0 Å². The summed E-state index contributed by atoms with van der Waals surface area (Å²) in [6.07, 6.45) is 0. The maximum Gasteiger partial charge on any atom is 0.162 e. The van der Waals surface area contributed by atoms with Gasteiger partial charge in [0.15, 0.2) is 11.6 Å². The van der Waals surface area contributed by atoms with E-state index in [1.807, 2.05) is 0 Å². The van der Waals surface area contributed by atoms with Gasteiger partial charge in [-0.25, -0.2) is 8.78 Å². The molecule has 0 saturated heterocycles. The van der Waals surface area contributed by atoms with Crippen molar-refractivity contribution in [3.8, 4) is 6.07 Å². The van der Waals surface area contributed by atoms with Crippen LogP contribution in [-0.4, -0.2) is 5.78 Å². The van der Waals surface area contributed by atoms with Crippen molar-refractivity contribution in [1.29, 1.82) is 5.26 Å². The summed E-state index contributed by atoms with van der Waals surface area (Å²) in [4.78, 5) is 10.8. The predicted molar refractivity (Wildman–Crippen MR) is 41.1 cm³/mol. The van der Waals surface area contributed by atoms with Crippen molar-refractivity contribution >= 4 is 5.78 Å². The van der Waals surface area contributed by atoms with E-state index in [1.54, 1.807) is 0 Å². The fourth-order valence-electron chi connectivity index (χ4n) is 0.927. The van der Waals surface area contributed by atoms with E-state index in [1.165, 1.54) is 6.07 Å². The number of hydrogen-bond acceptors (Lipinski definition) is 2. The van der Waals surface area contributed by atoms with Crippen molar-refractivity contribution in [2.45, 2.75) is 6.92 Å². The zero-order chi connectivity index (χ0) is 10.0. The van der Waals surface area contributed by atoms with Crippen molar-refractivity contribution in [3.63, 3.8) is 0 Å². The zero-order valence-electron chi connectivity index (χ0n) is 6.77. The molecule has 0 fully saturated rings. The summed E-state index contributed by atoms with van der Waals surface area (Å²) in [5.74, 6) is -2.35. The van der Waals surface area contributed by atoms with Crippen molar-refractivity contribution < 1.29 is 13.6 Å². The van der Waals surface area contributed by atoms with Crippen LogP contribution in [0.1, 0.15) is 22.8 Å². The lowest BCUT2D eigenvalue weighted by molar-refractivity contribution is 0.101. The quantitative estimate of drug-likeness (QED) is 0.622. The van der Waals surface area contributed by atoms with Gasteiger partial charge in [-0.3, -0.25) is 4.79 Å². The first-order chi connectivity index (χ1) is 6.06. The minimum absolute atomic E-state index is 0.392. The van der Waals surface area contributed by atoms with Crippen LogP contribution >= 0.6 is 0 Å². The van der Waals surface area contributed by atoms with Crippen LogP contribution in [0.5, 0.6) is 0 Å². The highest BCUT2D eigenvalue weighted by Gasteiger charge is 2.13. The molecule has 0 atom stereocenters. The molecule has 0 bridgehead atoms. The fraction of sp³-hybridized carbons (Fsp3) is 0.111. The first-order valence-electron chi connectivity index (χ1n) is 3.46. The average Bonchev–Trinajstić information content (AvgIpc) is 2.08. The van der Waals surface area contributed by atoms with Crippen LogP contribution in [-0.2, 0) is 0 Å². The van der Waals surface area contributed by atoms with E-state index in [9.17, 15) is 13.6 Å². The van der Waals surface area contributed by atoms with Crippen LogP contribution < -0.4 is 0 Å². The maximum absolute atomic E-state index is 13.1. The molecule has 0 aromatic heterocycles. The molecule has 1 rings (SSSR count). The molecule has 0 unspecified atom stereocenters. The van der Waals surface area contributed by atoms with Crippen LogP contribution in [0.3, 0.4) is 0 Å². The van der Waals surface area contributed by atoms with E-state index >= 15 is 0 Å². The summed E-state index contributed by atoms with van der Waals surface area (Å²) in [5.41, 5.74) is -0.846. The molecule has 0 heterocycles. The van der Waals surface area contributed by atoms with Crippen molar-refractivity contribution in [1.82, 2.24) is 0 Å². The van der Waals surface area contributed by atoms with E-state index in [0.717, 1.165) is 19.1 Å². The SMILES string of the molecule is CC(=O)c1cc(F)cc(C#N)c1F. The molecule has 0 aliphatic carbocycles. The Morgan fingerprint density at radius 2 is 2.08 bits per heavy atom. The fourth-order valence-corrected chi connectivity index (χ4v) is 0.927. The summed E-state index contributed by atoms with van der Waals surface area (Å²) in [7, 11) is 0. The van der Waals surface area contributed by atoms with Crippen LogP contribution in [0.15, 0.2) is 12.1 Å². The van der Waals surface area contributed by atoms with Gasteiger partial charge in [0.1, 0.15) is 11.9 Å². The molecule has 0 radical (unpaired) electrons. The molecule has 0 aliphatic heterocycles. The summed E-state index contributed by atoms with van der Waals surface area (Å²) >= 11 is 0. The van der Waals surface area contributed by atoms with Gasteiger partial charge in [-0.1, -0.05) is 0 Å². The maximum atomic E-state index is 13.1. The van der Waals surface area contributed by atoms with Gasteiger partial charge in [0.25, 0.3) is 0 Å². The van der Waals surface area contributed by atoms with Crippen LogP contribution in [0.2, 0.25) is 0 Å². The Morgan fingerprint density at radius 3 is 2.54 bits per heavy atom. The van der Waals surface area contributed by atoms with Crippen molar-refractivity contribution in [2.75, 3.05) is 0 Å². The highest BCUT2D eigenvalue weighted by Crippen LogP contribution is 2.15. The highest BCUT2D eigenvalue weighted by atomic mass is 19.1. The van der Waals surface area contributed by atoms with Gasteiger partial charge in [0, 0.05) is 0 Å². The third kappa shape index (κ3) is 1.70. The molecule has 0 spiro atoms. The van der Waals surface area contributed by atoms with E-state index in [-0.39, 0.29) is 0 Å². The van der Waals surface area contributed by atoms with E-state index in [2.05, 4.69) is 0 Å². The summed E-state index contributed by atoms with van der Waals surface area (Å²) < 4.78 is 25.8. The number of halogens is 2. The highest BCUT2D eigenvalue weighted by molar-refractivity contribution is 5.94. The minimum Gasteiger partial charge on any atom is -0.294 e. The molecular weight excluding hydrogens is 176 g/mol. The first-order valence-corrected chi connectivity index (χ1v) is 3.46. The normalized spacial score (nSPS) is 9.38. The first kappa shape index (κ1) is 9.33. The lowest BCUT2D eigenvalue weighted by Gasteiger charge is -1.99. The Balaban J connectivity index is 3.47. The Morgan fingerprint density at radius 1 is 1.46 bits per heavy atom. The summed E-state index contributed by atoms with van der Waals surface area (Å²) in [6, 6.07) is 2.99. The number of carbonyl (C=O) groups excluding carboxylic acids is 1. The second-order valence-corrected chi connectivity index (χ2v) is 2.48. The van der Waals surface area contributed by atoms with E-state index < -0.39 is 28.5 Å². The third-order valence-electron chi connectivity index (χ3n) is 1.54. The lowest BCUT2D eigenvalue weighted by Crippen LogP contribution is -2.00. The monoisotopic (exact) mass is 181 g/mol. The number of benzene rings is 1. The topological polar surface area (TPSA) is 40.9 Å². The largest absolute Gasteiger partial charge is 0.294 e. The summed E-state index contributed by atoms with van der Waals surface area (Å²) in [6.45, 7) is 1.11. The molecule has 0 saturated carbocycles. The second kappa shape index (κ2) is 3.31. The Bertz CT molecular complexity index is 407. The molecule has 4 heteroatoms. The van der Waals surface area contributed by atoms with Gasteiger partial charge in [-0.2, -0.15) is 5.26 Å². The van der Waals surface area contributed by atoms with E-state index in [0.29, 0.717) is 0 Å². The molecule has 1 aromatic rings. The number of nitriles is 1. The van der Waals surface area contributed by atoms with Crippen molar-refractivity contribution in [2.24, 2.45) is 0 Å². The van der Waals surface area contributed by atoms with Gasteiger partial charge >= 0.3 is 0 Å². The molecule has 1 aromatic carbocycles. The number of hydrogen-bond donors (Lipinski definition) is 0. The lowest BCUT2D eigenvalue weighted by atomic mass is 10.1. The molecule has 0 aliphatic rings. The Kier molecular flexibility index (Phi) is 2.38. The number of ketones is 1. The van der Waals surface area contributed by atoms with Gasteiger partial charge in [0.2, 0.25) is 0 Å². The number of Topliss-reactive ketones (excluding diaryl/α,β-unsaturated/α-hetero) is 1. The molecule has 0 amide bonds. The zero-order valence-corrected chi connectivity index (χ0v) is 6.77. The number of rotatable bonds is 1.